The van der Waals surface area contributed by atoms with Gasteiger partial charge in [-0.1, -0.05) is 27.7 Å². The Morgan fingerprint density at radius 1 is 1.38 bits per heavy atom. The first kappa shape index (κ1) is 12.2. The van der Waals surface area contributed by atoms with Crippen molar-refractivity contribution in [3.8, 4) is 0 Å². The van der Waals surface area contributed by atoms with Gasteiger partial charge in [-0.05, 0) is 18.8 Å². The van der Waals surface area contributed by atoms with Crippen molar-refractivity contribution < 1.29 is 9.90 Å². The summed E-state index contributed by atoms with van der Waals surface area (Å²) in [6, 6.07) is 0. The van der Waals surface area contributed by atoms with Crippen LogP contribution in [0.1, 0.15) is 40.5 Å². The van der Waals surface area contributed by atoms with Gasteiger partial charge in [-0.2, -0.15) is 0 Å². The minimum absolute atomic E-state index is 0.0251. The largest absolute Gasteiger partial charge is 0.515 e. The molecule has 76 valence electrons. The predicted octanol–water partition coefficient (Wildman–Crippen LogP) is 3.09. The first-order chi connectivity index (χ1) is 6.02. The molecule has 0 rings (SSSR count). The van der Waals surface area contributed by atoms with Crippen molar-refractivity contribution in [2.75, 3.05) is 0 Å². The van der Waals surface area contributed by atoms with Gasteiger partial charge in [0.05, 0.1) is 6.26 Å². The zero-order chi connectivity index (χ0) is 10.4. The summed E-state index contributed by atoms with van der Waals surface area (Å²) in [7, 11) is 0. The average molecular weight is 184 g/mol. The second-order valence-corrected chi connectivity index (χ2v) is 3.93. The number of rotatable bonds is 5. The predicted molar refractivity (Wildman–Crippen MR) is 54.6 cm³/mol. The Morgan fingerprint density at radius 3 is 2.23 bits per heavy atom. The van der Waals surface area contributed by atoms with Gasteiger partial charge in [0.2, 0.25) is 0 Å². The lowest BCUT2D eigenvalue weighted by Crippen LogP contribution is -2.14. The molecular formula is C11H20O2. The standard InChI is InChI=1S/C11H20O2/c1-5-9(4)11(13)10(7-12)6-8(2)3/h7-9,12H,5-6H2,1-4H3/b10-7-. The van der Waals surface area contributed by atoms with Gasteiger partial charge in [-0.3, -0.25) is 4.79 Å². The number of carbonyl (C=O) groups excluding carboxylic acids is 1. The van der Waals surface area contributed by atoms with Crippen LogP contribution in [0.25, 0.3) is 0 Å². The maximum absolute atomic E-state index is 11.6. The molecule has 0 radical (unpaired) electrons. The van der Waals surface area contributed by atoms with E-state index in [1.165, 1.54) is 0 Å². The van der Waals surface area contributed by atoms with Crippen molar-refractivity contribution in [1.29, 1.82) is 0 Å². The average Bonchev–Trinajstić information content (AvgIpc) is 2.11. The molecule has 1 unspecified atom stereocenters. The molecule has 2 nitrogen and oxygen atoms in total. The molecule has 0 fully saturated rings. The van der Waals surface area contributed by atoms with Crippen LogP contribution < -0.4 is 0 Å². The Morgan fingerprint density at radius 2 is 1.92 bits per heavy atom. The molecular weight excluding hydrogens is 164 g/mol. The maximum Gasteiger partial charge on any atom is 0.164 e. The fraction of sp³-hybridized carbons (Fsp3) is 0.727. The number of hydrogen-bond acceptors (Lipinski definition) is 2. The van der Waals surface area contributed by atoms with Crippen molar-refractivity contribution in [3.05, 3.63) is 11.8 Å². The van der Waals surface area contributed by atoms with Gasteiger partial charge in [-0.25, -0.2) is 0 Å². The highest BCUT2D eigenvalue weighted by Gasteiger charge is 2.16. The third kappa shape index (κ3) is 4.11. The Labute approximate surface area is 80.7 Å². The number of Topliss-reactive ketones (excluding diaryl/α,β-unsaturated/α-hetero) is 1. The number of ketones is 1. The van der Waals surface area contributed by atoms with Crippen molar-refractivity contribution in [2.24, 2.45) is 11.8 Å². The molecule has 0 spiro atoms. The van der Waals surface area contributed by atoms with E-state index in [1.54, 1.807) is 0 Å². The van der Waals surface area contributed by atoms with Crippen LogP contribution in [0.4, 0.5) is 0 Å². The highest BCUT2D eigenvalue weighted by atomic mass is 16.2. The monoisotopic (exact) mass is 184 g/mol. The minimum Gasteiger partial charge on any atom is -0.515 e. The van der Waals surface area contributed by atoms with E-state index in [0.29, 0.717) is 17.9 Å². The SMILES string of the molecule is CCC(C)C(=O)/C(=C\O)CC(C)C. The Balaban J connectivity index is 4.34. The molecule has 0 aliphatic heterocycles. The van der Waals surface area contributed by atoms with Crippen molar-refractivity contribution in [3.63, 3.8) is 0 Å². The van der Waals surface area contributed by atoms with Gasteiger partial charge in [0.15, 0.2) is 5.78 Å². The Bertz CT molecular complexity index is 192. The molecule has 1 atom stereocenters. The van der Waals surface area contributed by atoms with Crippen molar-refractivity contribution in [1.82, 2.24) is 0 Å². The summed E-state index contributed by atoms with van der Waals surface area (Å²) in [6.45, 7) is 7.94. The fourth-order valence-corrected chi connectivity index (χ4v) is 1.16. The molecule has 0 aliphatic carbocycles. The van der Waals surface area contributed by atoms with Crippen LogP contribution in [-0.2, 0) is 4.79 Å². The smallest absolute Gasteiger partial charge is 0.164 e. The molecule has 0 aromatic heterocycles. The number of aliphatic hydroxyl groups excluding tert-OH is 1. The van der Waals surface area contributed by atoms with Crippen LogP contribution >= 0.6 is 0 Å². The summed E-state index contributed by atoms with van der Waals surface area (Å²) < 4.78 is 0. The Hall–Kier alpha value is -0.790. The minimum atomic E-state index is 0.0251. The van der Waals surface area contributed by atoms with Gasteiger partial charge < -0.3 is 5.11 Å². The van der Waals surface area contributed by atoms with Gasteiger partial charge in [0.25, 0.3) is 0 Å². The molecule has 0 aromatic carbocycles. The summed E-state index contributed by atoms with van der Waals surface area (Å²) in [5, 5.41) is 8.91. The van der Waals surface area contributed by atoms with Gasteiger partial charge in [0, 0.05) is 11.5 Å². The van der Waals surface area contributed by atoms with E-state index in [-0.39, 0.29) is 11.7 Å². The molecule has 0 saturated carbocycles. The van der Waals surface area contributed by atoms with E-state index in [2.05, 4.69) is 0 Å². The number of carbonyl (C=O) groups is 1. The first-order valence-corrected chi connectivity index (χ1v) is 4.90. The number of aliphatic hydroxyl groups is 1. The number of hydrogen-bond donors (Lipinski definition) is 1. The van der Waals surface area contributed by atoms with Crippen LogP contribution in [0.2, 0.25) is 0 Å². The van der Waals surface area contributed by atoms with E-state index in [0.717, 1.165) is 12.7 Å². The molecule has 13 heavy (non-hydrogen) atoms. The Kier molecular flexibility index (Phi) is 5.44. The van der Waals surface area contributed by atoms with Crippen molar-refractivity contribution >= 4 is 5.78 Å². The van der Waals surface area contributed by atoms with Crippen LogP contribution in [0.5, 0.6) is 0 Å². The van der Waals surface area contributed by atoms with Gasteiger partial charge in [0.1, 0.15) is 0 Å². The van der Waals surface area contributed by atoms with E-state index in [9.17, 15) is 4.79 Å². The topological polar surface area (TPSA) is 37.3 Å². The van der Waals surface area contributed by atoms with Crippen molar-refractivity contribution in [2.45, 2.75) is 40.5 Å². The highest BCUT2D eigenvalue weighted by Crippen LogP contribution is 2.16. The lowest BCUT2D eigenvalue weighted by Gasteiger charge is -2.11. The second kappa shape index (κ2) is 5.79. The zero-order valence-corrected chi connectivity index (χ0v) is 9.00. The second-order valence-electron chi connectivity index (χ2n) is 3.93. The lowest BCUT2D eigenvalue weighted by molar-refractivity contribution is -0.119. The molecule has 0 saturated heterocycles. The molecule has 2 heteroatoms. The molecule has 0 amide bonds. The molecule has 0 bridgehead atoms. The molecule has 0 aliphatic rings. The maximum atomic E-state index is 11.6. The third-order valence-electron chi connectivity index (χ3n) is 2.16. The zero-order valence-electron chi connectivity index (χ0n) is 9.00. The number of allylic oxidation sites excluding steroid dienone is 1. The molecule has 0 aromatic rings. The molecule has 1 N–H and O–H groups in total. The van der Waals surface area contributed by atoms with Crippen LogP contribution in [0, 0.1) is 11.8 Å². The summed E-state index contributed by atoms with van der Waals surface area (Å²) in [4.78, 5) is 11.6. The summed E-state index contributed by atoms with van der Waals surface area (Å²) >= 11 is 0. The summed E-state index contributed by atoms with van der Waals surface area (Å²) in [5.41, 5.74) is 0.560. The normalized spacial score (nSPS) is 14.7. The summed E-state index contributed by atoms with van der Waals surface area (Å²) in [5.74, 6) is 0.516. The van der Waals surface area contributed by atoms with E-state index in [4.69, 9.17) is 5.11 Å². The van der Waals surface area contributed by atoms with Crippen LogP contribution in [0.3, 0.4) is 0 Å². The van der Waals surface area contributed by atoms with Crippen LogP contribution in [0.15, 0.2) is 11.8 Å². The van der Waals surface area contributed by atoms with Gasteiger partial charge >= 0.3 is 0 Å². The molecule has 0 heterocycles. The highest BCUT2D eigenvalue weighted by molar-refractivity contribution is 5.96. The third-order valence-corrected chi connectivity index (χ3v) is 2.16. The summed E-state index contributed by atoms with van der Waals surface area (Å²) in [6.07, 6.45) is 2.46. The fourth-order valence-electron chi connectivity index (χ4n) is 1.16. The first-order valence-electron chi connectivity index (χ1n) is 4.90. The van der Waals surface area contributed by atoms with Crippen LogP contribution in [-0.4, -0.2) is 10.9 Å². The van der Waals surface area contributed by atoms with E-state index in [1.807, 2.05) is 27.7 Å². The quantitative estimate of drug-likeness (QED) is 0.526. The van der Waals surface area contributed by atoms with Gasteiger partial charge in [-0.15, -0.1) is 0 Å². The van der Waals surface area contributed by atoms with E-state index < -0.39 is 0 Å². The lowest BCUT2D eigenvalue weighted by atomic mass is 9.92. The van der Waals surface area contributed by atoms with E-state index >= 15 is 0 Å².